The molecule has 0 N–H and O–H groups in total. The lowest BCUT2D eigenvalue weighted by Crippen LogP contribution is -2.32. The molecule has 0 saturated heterocycles. The zero-order valence-corrected chi connectivity index (χ0v) is 13.6. The van der Waals surface area contributed by atoms with E-state index in [1.54, 1.807) is 0 Å². The Hall–Kier alpha value is -0.640. The van der Waals surface area contributed by atoms with E-state index in [0.717, 1.165) is 29.1 Å². The van der Waals surface area contributed by atoms with Gasteiger partial charge < -0.3 is 4.90 Å². The van der Waals surface area contributed by atoms with Crippen LogP contribution < -0.4 is 4.90 Å². The van der Waals surface area contributed by atoms with Gasteiger partial charge in [-0.15, -0.1) is 0 Å². The quantitative estimate of drug-likeness (QED) is 0.608. The predicted molar refractivity (Wildman–Crippen MR) is 83.6 cm³/mol. The highest BCUT2D eigenvalue weighted by Gasteiger charge is 2.19. The van der Waals surface area contributed by atoms with E-state index in [2.05, 4.69) is 39.8 Å². The van der Waals surface area contributed by atoms with Gasteiger partial charge >= 0.3 is 0 Å². The second-order valence-electron chi connectivity index (χ2n) is 5.47. The maximum absolute atomic E-state index is 4.71. The third kappa shape index (κ3) is 4.16. The Balaban J connectivity index is 2.14. The summed E-state index contributed by atoms with van der Waals surface area (Å²) in [6, 6.07) is 2.68. The third-order valence-electron chi connectivity index (χ3n) is 3.94. The lowest BCUT2D eigenvalue weighted by Gasteiger charge is -2.28. The molecule has 1 aromatic rings. The van der Waals surface area contributed by atoms with Crippen molar-refractivity contribution in [3.05, 3.63) is 16.5 Å². The van der Waals surface area contributed by atoms with Gasteiger partial charge in [0, 0.05) is 25.6 Å². The molecule has 1 aromatic heterocycles. The van der Waals surface area contributed by atoms with Crippen molar-refractivity contribution in [3.63, 3.8) is 0 Å². The molecule has 0 radical (unpaired) electrons. The van der Waals surface area contributed by atoms with Gasteiger partial charge in [-0.3, -0.25) is 0 Å². The number of rotatable bonds is 4. The molecular weight excluding hydrogens is 302 g/mol. The number of halogens is 1. The topological polar surface area (TPSA) is 29.0 Å². The molecule has 1 saturated carbocycles. The van der Waals surface area contributed by atoms with Gasteiger partial charge in [-0.2, -0.15) is 0 Å². The van der Waals surface area contributed by atoms with Gasteiger partial charge in [-0.1, -0.05) is 32.6 Å². The summed E-state index contributed by atoms with van der Waals surface area (Å²) < 4.78 is 0.904. The summed E-state index contributed by atoms with van der Waals surface area (Å²) in [6.45, 7) is 2.17. The highest BCUT2D eigenvalue weighted by atomic mass is 79.9. The van der Waals surface area contributed by atoms with Crippen molar-refractivity contribution in [2.75, 3.05) is 11.9 Å². The van der Waals surface area contributed by atoms with Crippen LogP contribution in [-0.4, -0.2) is 23.1 Å². The average molecular weight is 326 g/mol. The minimum absolute atomic E-state index is 0.638. The molecule has 0 bridgehead atoms. The molecule has 1 aliphatic carbocycles. The molecule has 2 rings (SSSR count). The molecule has 106 valence electrons. The summed E-state index contributed by atoms with van der Waals surface area (Å²) >= 11 is 3.51. The second-order valence-corrected chi connectivity index (χ2v) is 6.28. The standard InChI is InChI=1S/C15H24BrN3/c1-3-8-14-17-13(16)11-15(18-14)19(2)12-9-6-4-5-7-10-12/h11-12H,3-10H2,1-2H3. The van der Waals surface area contributed by atoms with Crippen LogP contribution in [-0.2, 0) is 6.42 Å². The minimum Gasteiger partial charge on any atom is -0.357 e. The van der Waals surface area contributed by atoms with Crippen molar-refractivity contribution in [1.82, 2.24) is 9.97 Å². The summed E-state index contributed by atoms with van der Waals surface area (Å²) in [5.74, 6) is 2.02. The van der Waals surface area contributed by atoms with Crippen LogP contribution in [0.4, 0.5) is 5.82 Å². The van der Waals surface area contributed by atoms with Crippen molar-refractivity contribution in [3.8, 4) is 0 Å². The molecule has 1 fully saturated rings. The van der Waals surface area contributed by atoms with Crippen molar-refractivity contribution < 1.29 is 0 Å². The third-order valence-corrected chi connectivity index (χ3v) is 4.34. The highest BCUT2D eigenvalue weighted by molar-refractivity contribution is 9.10. The van der Waals surface area contributed by atoms with E-state index in [0.29, 0.717) is 6.04 Å². The van der Waals surface area contributed by atoms with Crippen LogP contribution in [0, 0.1) is 0 Å². The highest BCUT2D eigenvalue weighted by Crippen LogP contribution is 2.25. The zero-order chi connectivity index (χ0) is 13.7. The molecule has 0 aromatic carbocycles. The first-order valence-electron chi connectivity index (χ1n) is 7.47. The Morgan fingerprint density at radius 1 is 1.21 bits per heavy atom. The molecular formula is C15H24BrN3. The van der Waals surface area contributed by atoms with Crippen LogP contribution >= 0.6 is 15.9 Å². The maximum Gasteiger partial charge on any atom is 0.133 e. The van der Waals surface area contributed by atoms with E-state index < -0.39 is 0 Å². The van der Waals surface area contributed by atoms with E-state index in [-0.39, 0.29) is 0 Å². The van der Waals surface area contributed by atoms with Gasteiger partial charge in [0.2, 0.25) is 0 Å². The van der Waals surface area contributed by atoms with Crippen LogP contribution in [0.3, 0.4) is 0 Å². The first kappa shape index (κ1) is 14.8. The molecule has 1 heterocycles. The Kier molecular flexibility index (Phi) is 5.61. The van der Waals surface area contributed by atoms with Gasteiger partial charge in [-0.05, 0) is 35.2 Å². The monoisotopic (exact) mass is 325 g/mol. The molecule has 1 aliphatic rings. The van der Waals surface area contributed by atoms with Crippen LogP contribution in [0.15, 0.2) is 10.7 Å². The summed E-state index contributed by atoms with van der Waals surface area (Å²) in [5, 5.41) is 0. The lowest BCUT2D eigenvalue weighted by molar-refractivity contribution is 0.547. The molecule has 19 heavy (non-hydrogen) atoms. The van der Waals surface area contributed by atoms with Crippen molar-refractivity contribution in [2.24, 2.45) is 0 Å². The molecule has 0 aliphatic heterocycles. The Morgan fingerprint density at radius 3 is 2.53 bits per heavy atom. The summed E-state index contributed by atoms with van der Waals surface area (Å²) in [4.78, 5) is 11.5. The van der Waals surface area contributed by atoms with E-state index >= 15 is 0 Å². The van der Waals surface area contributed by atoms with Crippen LogP contribution in [0.2, 0.25) is 0 Å². The molecule has 0 atom stereocenters. The van der Waals surface area contributed by atoms with Gasteiger partial charge in [0.25, 0.3) is 0 Å². The normalized spacial score (nSPS) is 17.2. The zero-order valence-electron chi connectivity index (χ0n) is 12.0. The van der Waals surface area contributed by atoms with Crippen LogP contribution in [0.25, 0.3) is 0 Å². The van der Waals surface area contributed by atoms with Gasteiger partial charge in [0.05, 0.1) is 0 Å². The first-order valence-corrected chi connectivity index (χ1v) is 8.26. The van der Waals surface area contributed by atoms with Crippen molar-refractivity contribution >= 4 is 21.7 Å². The fourth-order valence-corrected chi connectivity index (χ4v) is 3.21. The largest absolute Gasteiger partial charge is 0.357 e. The van der Waals surface area contributed by atoms with E-state index in [1.807, 2.05) is 6.07 Å². The number of aromatic nitrogens is 2. The maximum atomic E-state index is 4.71. The summed E-state index contributed by atoms with van der Waals surface area (Å²) in [6.07, 6.45) is 10.1. The Morgan fingerprint density at radius 2 is 1.89 bits per heavy atom. The van der Waals surface area contributed by atoms with Gasteiger partial charge in [-0.25, -0.2) is 9.97 Å². The van der Waals surface area contributed by atoms with Gasteiger partial charge in [0.15, 0.2) is 0 Å². The second kappa shape index (κ2) is 7.22. The molecule has 4 heteroatoms. The first-order chi connectivity index (χ1) is 9.20. The van der Waals surface area contributed by atoms with Gasteiger partial charge in [0.1, 0.15) is 16.2 Å². The van der Waals surface area contributed by atoms with E-state index in [1.165, 1.54) is 38.5 Å². The summed E-state index contributed by atoms with van der Waals surface area (Å²) in [5.41, 5.74) is 0. The number of hydrogen-bond acceptors (Lipinski definition) is 3. The van der Waals surface area contributed by atoms with E-state index in [4.69, 9.17) is 4.98 Å². The minimum atomic E-state index is 0.638. The molecule has 0 amide bonds. The lowest BCUT2D eigenvalue weighted by atomic mass is 10.1. The van der Waals surface area contributed by atoms with Crippen molar-refractivity contribution in [1.29, 1.82) is 0 Å². The van der Waals surface area contributed by atoms with Crippen LogP contribution in [0.5, 0.6) is 0 Å². The SMILES string of the molecule is CCCc1nc(Br)cc(N(C)C2CCCCCC2)n1. The fourth-order valence-electron chi connectivity index (χ4n) is 2.80. The summed E-state index contributed by atoms with van der Waals surface area (Å²) in [7, 11) is 2.18. The number of hydrogen-bond donors (Lipinski definition) is 0. The number of nitrogens with zero attached hydrogens (tertiary/aromatic N) is 3. The number of anilines is 1. The smallest absolute Gasteiger partial charge is 0.133 e. The van der Waals surface area contributed by atoms with Crippen molar-refractivity contribution in [2.45, 2.75) is 64.3 Å². The van der Waals surface area contributed by atoms with Crippen LogP contribution in [0.1, 0.15) is 57.7 Å². The molecule has 3 nitrogen and oxygen atoms in total. The molecule has 0 spiro atoms. The Bertz CT molecular complexity index is 400. The molecule has 0 unspecified atom stereocenters. The number of aryl methyl sites for hydroxylation is 1. The average Bonchev–Trinajstić information content (AvgIpc) is 2.66. The van der Waals surface area contributed by atoms with E-state index in [9.17, 15) is 0 Å². The predicted octanol–water partition coefficient (Wildman–Crippen LogP) is 4.35. The fraction of sp³-hybridized carbons (Fsp3) is 0.733. The Labute approximate surface area is 125 Å².